The highest BCUT2D eigenvalue weighted by atomic mass is 32.2. The normalized spacial score (nSPS) is 11.7. The van der Waals surface area contributed by atoms with Crippen molar-refractivity contribution in [1.29, 1.82) is 0 Å². The maximum atomic E-state index is 12.3. The molecule has 0 aliphatic heterocycles. The second kappa shape index (κ2) is 8.50. The molecule has 0 unspecified atom stereocenters. The van der Waals surface area contributed by atoms with Crippen LogP contribution in [0.1, 0.15) is 12.5 Å². The molecule has 0 radical (unpaired) electrons. The van der Waals surface area contributed by atoms with Crippen LogP contribution in [0.2, 0.25) is 0 Å². The number of hydrogen-bond donors (Lipinski definition) is 1. The van der Waals surface area contributed by atoms with Crippen molar-refractivity contribution < 1.29 is 13.2 Å². The Kier molecular flexibility index (Phi) is 6.63. The predicted octanol–water partition coefficient (Wildman–Crippen LogP) is 1.56. The van der Waals surface area contributed by atoms with Crippen LogP contribution in [0.3, 0.4) is 0 Å². The Bertz CT molecular complexity index is 831. The maximum absolute atomic E-state index is 12.3. The molecule has 2 rings (SSSR count). The summed E-state index contributed by atoms with van der Waals surface area (Å²) in [6.07, 6.45) is 3.56. The van der Waals surface area contributed by atoms with E-state index in [1.54, 1.807) is 30.5 Å². The number of aryl methyl sites for hydroxylation is 1. The number of thioether (sulfide) groups is 1. The Balaban J connectivity index is 1.99. The monoisotopic (exact) mass is 382 g/mol. The van der Waals surface area contributed by atoms with Gasteiger partial charge in [-0.05, 0) is 18.6 Å². The second-order valence-corrected chi connectivity index (χ2v) is 8.52. The zero-order valence-corrected chi connectivity index (χ0v) is 16.1. The van der Waals surface area contributed by atoms with Crippen LogP contribution in [0, 0.1) is 0 Å². The molecule has 1 aromatic heterocycles. The summed E-state index contributed by atoms with van der Waals surface area (Å²) in [5.74, 6) is 0.0484. The lowest BCUT2D eigenvalue weighted by atomic mass is 10.2. The zero-order chi connectivity index (χ0) is 18.4. The molecule has 1 amide bonds. The number of nitrogens with zero attached hydrogens (tertiary/aromatic N) is 3. The van der Waals surface area contributed by atoms with Crippen LogP contribution in [-0.2, 0) is 27.9 Å². The summed E-state index contributed by atoms with van der Waals surface area (Å²) < 4.78 is 27.8. The first-order valence-electron chi connectivity index (χ1n) is 7.77. The molecule has 7 nitrogen and oxygen atoms in total. The lowest BCUT2D eigenvalue weighted by Gasteiger charge is -2.15. The number of carbonyl (C=O) groups is 1. The summed E-state index contributed by atoms with van der Waals surface area (Å²) in [7, 11) is -0.582. The van der Waals surface area contributed by atoms with Gasteiger partial charge in [-0.3, -0.25) is 4.79 Å². The van der Waals surface area contributed by atoms with Gasteiger partial charge in [0.1, 0.15) is 0 Å². The summed E-state index contributed by atoms with van der Waals surface area (Å²) in [5.41, 5.74) is 0.560. The molecule has 1 aromatic carbocycles. The van der Waals surface area contributed by atoms with Gasteiger partial charge in [0, 0.05) is 39.6 Å². The van der Waals surface area contributed by atoms with Crippen LogP contribution >= 0.6 is 11.8 Å². The number of aromatic nitrogens is 2. The number of carbonyl (C=O) groups excluding carboxylic acids is 1. The quantitative estimate of drug-likeness (QED) is 0.701. The summed E-state index contributed by atoms with van der Waals surface area (Å²) in [5, 5.41) is 3.56. The van der Waals surface area contributed by atoms with E-state index >= 15 is 0 Å². The summed E-state index contributed by atoms with van der Waals surface area (Å²) in [6, 6.07) is 6.67. The van der Waals surface area contributed by atoms with Gasteiger partial charge in [0.15, 0.2) is 5.16 Å². The first-order chi connectivity index (χ1) is 11.9. The molecular weight excluding hydrogens is 360 g/mol. The van der Waals surface area contributed by atoms with E-state index < -0.39 is 10.0 Å². The third-order valence-corrected chi connectivity index (χ3v) is 6.48. The molecule has 0 fully saturated rings. The molecular formula is C16H22N4O3S2. The number of amides is 1. The molecule has 2 aromatic rings. The molecule has 136 valence electrons. The van der Waals surface area contributed by atoms with Crippen LogP contribution in [0.25, 0.3) is 0 Å². The largest absolute Gasteiger partial charge is 0.351 e. The summed E-state index contributed by atoms with van der Waals surface area (Å²) in [4.78, 5) is 16.5. The molecule has 0 aliphatic carbocycles. The van der Waals surface area contributed by atoms with Crippen molar-refractivity contribution in [2.45, 2.75) is 30.1 Å². The van der Waals surface area contributed by atoms with E-state index in [-0.39, 0.29) is 23.1 Å². The Labute approximate surface area is 152 Å². The molecule has 9 heteroatoms. The van der Waals surface area contributed by atoms with Crippen molar-refractivity contribution in [3.05, 3.63) is 42.2 Å². The Morgan fingerprint density at radius 3 is 2.72 bits per heavy atom. The number of sulfonamides is 1. The molecule has 0 bridgehead atoms. The highest BCUT2D eigenvalue weighted by molar-refractivity contribution is 7.99. The van der Waals surface area contributed by atoms with Gasteiger partial charge in [0.25, 0.3) is 0 Å². The fourth-order valence-electron chi connectivity index (χ4n) is 2.15. The van der Waals surface area contributed by atoms with E-state index in [0.717, 1.165) is 16.0 Å². The molecule has 0 saturated heterocycles. The molecule has 1 heterocycles. The molecule has 25 heavy (non-hydrogen) atoms. The van der Waals surface area contributed by atoms with Gasteiger partial charge in [-0.1, -0.05) is 30.0 Å². The topological polar surface area (TPSA) is 84.3 Å². The van der Waals surface area contributed by atoms with Crippen molar-refractivity contribution in [2.24, 2.45) is 0 Å². The van der Waals surface area contributed by atoms with Crippen molar-refractivity contribution >= 4 is 27.7 Å². The van der Waals surface area contributed by atoms with Gasteiger partial charge in [-0.2, -0.15) is 0 Å². The van der Waals surface area contributed by atoms with Crippen LogP contribution in [-0.4, -0.2) is 48.0 Å². The first-order valence-corrected chi connectivity index (χ1v) is 10.2. The molecule has 0 atom stereocenters. The summed E-state index contributed by atoms with van der Waals surface area (Å²) >= 11 is 1.35. The lowest BCUT2D eigenvalue weighted by Crippen LogP contribution is -2.28. The van der Waals surface area contributed by atoms with E-state index in [0.29, 0.717) is 5.56 Å². The fourth-order valence-corrected chi connectivity index (χ4v) is 4.12. The molecule has 0 spiro atoms. The Morgan fingerprint density at radius 2 is 2.04 bits per heavy atom. The SMILES string of the molecule is CCn1ccnc1SCC(=O)NCc1ccccc1S(=O)(=O)N(C)C. The number of benzene rings is 1. The third kappa shape index (κ3) is 4.83. The van der Waals surface area contributed by atoms with Crippen LogP contribution in [0.15, 0.2) is 46.7 Å². The fraction of sp³-hybridized carbons (Fsp3) is 0.375. The Hall–Kier alpha value is -1.84. The van der Waals surface area contributed by atoms with Crippen molar-refractivity contribution in [3.63, 3.8) is 0 Å². The first kappa shape index (κ1) is 19.5. The average Bonchev–Trinajstić information content (AvgIpc) is 3.05. The van der Waals surface area contributed by atoms with Gasteiger partial charge in [-0.25, -0.2) is 17.7 Å². The number of hydrogen-bond acceptors (Lipinski definition) is 5. The van der Waals surface area contributed by atoms with Gasteiger partial charge >= 0.3 is 0 Å². The Morgan fingerprint density at radius 1 is 1.32 bits per heavy atom. The van der Waals surface area contributed by atoms with Crippen molar-refractivity contribution in [3.8, 4) is 0 Å². The van der Waals surface area contributed by atoms with E-state index in [1.165, 1.54) is 25.9 Å². The van der Waals surface area contributed by atoms with Crippen LogP contribution in [0.5, 0.6) is 0 Å². The summed E-state index contributed by atoms with van der Waals surface area (Å²) in [6.45, 7) is 2.96. The standard InChI is InChI=1S/C16H22N4O3S2/c1-4-20-10-9-17-16(20)24-12-15(21)18-11-13-7-5-6-8-14(13)25(22,23)19(2)3/h5-10H,4,11-12H2,1-3H3,(H,18,21). The molecule has 1 N–H and O–H groups in total. The molecule has 0 aliphatic rings. The molecule has 0 saturated carbocycles. The van der Waals surface area contributed by atoms with E-state index in [4.69, 9.17) is 0 Å². The van der Waals surface area contributed by atoms with Gasteiger partial charge in [-0.15, -0.1) is 0 Å². The number of imidazole rings is 1. The van der Waals surface area contributed by atoms with E-state index in [9.17, 15) is 13.2 Å². The predicted molar refractivity (Wildman–Crippen MR) is 97.8 cm³/mol. The minimum atomic E-state index is -3.55. The van der Waals surface area contributed by atoms with Gasteiger partial charge in [0.2, 0.25) is 15.9 Å². The minimum absolute atomic E-state index is 0.158. The zero-order valence-electron chi connectivity index (χ0n) is 14.5. The minimum Gasteiger partial charge on any atom is -0.351 e. The van der Waals surface area contributed by atoms with Crippen molar-refractivity contribution in [1.82, 2.24) is 19.2 Å². The van der Waals surface area contributed by atoms with Crippen LogP contribution < -0.4 is 5.32 Å². The highest BCUT2D eigenvalue weighted by Crippen LogP contribution is 2.19. The van der Waals surface area contributed by atoms with Crippen LogP contribution in [0.4, 0.5) is 0 Å². The number of rotatable bonds is 8. The van der Waals surface area contributed by atoms with E-state index in [1.807, 2.05) is 17.7 Å². The van der Waals surface area contributed by atoms with Gasteiger partial charge in [0.05, 0.1) is 10.6 Å². The second-order valence-electron chi connectivity index (χ2n) is 5.46. The maximum Gasteiger partial charge on any atom is 0.242 e. The smallest absolute Gasteiger partial charge is 0.242 e. The van der Waals surface area contributed by atoms with E-state index in [2.05, 4.69) is 10.3 Å². The highest BCUT2D eigenvalue weighted by Gasteiger charge is 2.20. The average molecular weight is 383 g/mol. The number of nitrogens with one attached hydrogen (secondary N) is 1. The van der Waals surface area contributed by atoms with Gasteiger partial charge < -0.3 is 9.88 Å². The van der Waals surface area contributed by atoms with Crippen molar-refractivity contribution in [2.75, 3.05) is 19.8 Å². The lowest BCUT2D eigenvalue weighted by molar-refractivity contribution is -0.118. The third-order valence-electron chi connectivity index (χ3n) is 3.56.